The topological polar surface area (TPSA) is 49.5 Å². The van der Waals surface area contributed by atoms with Gasteiger partial charge in [-0.05, 0) is 56.9 Å². The van der Waals surface area contributed by atoms with Gasteiger partial charge in [0.2, 0.25) is 0 Å². The maximum Gasteiger partial charge on any atom is 0.0552 e. The lowest BCUT2D eigenvalue weighted by Gasteiger charge is -2.35. The predicted molar refractivity (Wildman–Crippen MR) is 70.7 cm³/mol. The van der Waals surface area contributed by atoms with Crippen LogP contribution in [0.3, 0.4) is 0 Å². The first-order valence-corrected chi connectivity index (χ1v) is 7.22. The Labute approximate surface area is 105 Å². The molecule has 3 N–H and O–H groups in total. The standard InChI is InChI=1S/C14H28N2O/c1-10-3-4-14(15)13(7-10)9-16-6-5-12(8-16)11(2)17/h10-14,17H,3-9,15H2,1-2H3. The lowest BCUT2D eigenvalue weighted by molar-refractivity contribution is 0.120. The average Bonchev–Trinajstić information content (AvgIpc) is 2.72. The van der Waals surface area contributed by atoms with Gasteiger partial charge in [0, 0.05) is 19.1 Å². The largest absolute Gasteiger partial charge is 0.393 e. The van der Waals surface area contributed by atoms with Crippen LogP contribution in [0.5, 0.6) is 0 Å². The lowest BCUT2D eigenvalue weighted by atomic mass is 9.79. The number of likely N-dealkylation sites (tertiary alicyclic amines) is 1. The Balaban J connectivity index is 1.81. The Kier molecular flexibility index (Phi) is 4.45. The molecule has 0 amide bonds. The van der Waals surface area contributed by atoms with E-state index in [2.05, 4.69) is 11.8 Å². The van der Waals surface area contributed by atoms with E-state index in [1.54, 1.807) is 0 Å². The van der Waals surface area contributed by atoms with E-state index >= 15 is 0 Å². The summed E-state index contributed by atoms with van der Waals surface area (Å²) >= 11 is 0. The van der Waals surface area contributed by atoms with E-state index in [4.69, 9.17) is 5.73 Å². The minimum absolute atomic E-state index is 0.154. The number of hydrogen-bond donors (Lipinski definition) is 2. The number of aliphatic hydroxyl groups is 1. The van der Waals surface area contributed by atoms with E-state index in [0.29, 0.717) is 17.9 Å². The van der Waals surface area contributed by atoms with Crippen LogP contribution < -0.4 is 5.73 Å². The Morgan fingerprint density at radius 1 is 1.35 bits per heavy atom. The summed E-state index contributed by atoms with van der Waals surface area (Å²) in [6, 6.07) is 0.400. The third-order valence-corrected chi connectivity index (χ3v) is 4.79. The number of nitrogens with two attached hydrogens (primary N) is 1. The van der Waals surface area contributed by atoms with Crippen molar-refractivity contribution in [3.63, 3.8) is 0 Å². The number of rotatable bonds is 3. The van der Waals surface area contributed by atoms with Crippen LogP contribution in [0.25, 0.3) is 0 Å². The highest BCUT2D eigenvalue weighted by atomic mass is 16.3. The smallest absolute Gasteiger partial charge is 0.0552 e. The predicted octanol–water partition coefficient (Wildman–Crippen LogP) is 1.45. The number of hydrogen-bond acceptors (Lipinski definition) is 3. The van der Waals surface area contributed by atoms with Gasteiger partial charge in [-0.3, -0.25) is 0 Å². The second-order valence-electron chi connectivity index (χ2n) is 6.39. The number of nitrogens with zero attached hydrogens (tertiary/aromatic N) is 1. The molecule has 2 rings (SSSR count). The molecule has 1 saturated heterocycles. The summed E-state index contributed by atoms with van der Waals surface area (Å²) in [6.07, 6.45) is 4.78. The van der Waals surface area contributed by atoms with E-state index < -0.39 is 0 Å². The molecule has 0 aromatic heterocycles. The van der Waals surface area contributed by atoms with Gasteiger partial charge in [0.1, 0.15) is 0 Å². The van der Waals surface area contributed by atoms with Crippen LogP contribution in [-0.2, 0) is 0 Å². The molecule has 0 radical (unpaired) electrons. The van der Waals surface area contributed by atoms with E-state index in [-0.39, 0.29) is 6.10 Å². The van der Waals surface area contributed by atoms with E-state index in [0.717, 1.165) is 32.0 Å². The fraction of sp³-hybridized carbons (Fsp3) is 1.00. The van der Waals surface area contributed by atoms with Gasteiger partial charge in [0.25, 0.3) is 0 Å². The lowest BCUT2D eigenvalue weighted by Crippen LogP contribution is -2.42. The molecule has 0 aromatic carbocycles. The van der Waals surface area contributed by atoms with Crippen molar-refractivity contribution in [2.24, 2.45) is 23.5 Å². The van der Waals surface area contributed by atoms with Crippen LogP contribution in [0.2, 0.25) is 0 Å². The summed E-state index contributed by atoms with van der Waals surface area (Å²) in [4.78, 5) is 2.51. The molecule has 3 nitrogen and oxygen atoms in total. The molecular formula is C14H28N2O. The molecule has 0 bridgehead atoms. The van der Waals surface area contributed by atoms with Crippen LogP contribution in [0.4, 0.5) is 0 Å². The molecule has 1 aliphatic carbocycles. The zero-order chi connectivity index (χ0) is 12.4. The molecule has 2 aliphatic rings. The van der Waals surface area contributed by atoms with E-state index in [9.17, 15) is 5.11 Å². The summed E-state index contributed by atoms with van der Waals surface area (Å²) in [5, 5.41) is 9.62. The molecule has 1 saturated carbocycles. The van der Waals surface area contributed by atoms with Gasteiger partial charge in [-0.25, -0.2) is 0 Å². The SMILES string of the molecule is CC1CCC(N)C(CN2CCC(C(C)O)C2)C1. The molecule has 2 fully saturated rings. The fourth-order valence-corrected chi connectivity index (χ4v) is 3.49. The average molecular weight is 240 g/mol. The van der Waals surface area contributed by atoms with Crippen LogP contribution >= 0.6 is 0 Å². The van der Waals surface area contributed by atoms with Gasteiger partial charge in [-0.2, -0.15) is 0 Å². The summed E-state index contributed by atoms with van der Waals surface area (Å²) in [6.45, 7) is 7.63. The summed E-state index contributed by atoms with van der Waals surface area (Å²) in [7, 11) is 0. The molecule has 100 valence electrons. The van der Waals surface area contributed by atoms with Crippen LogP contribution in [-0.4, -0.2) is 41.8 Å². The summed E-state index contributed by atoms with van der Waals surface area (Å²) < 4.78 is 0. The van der Waals surface area contributed by atoms with Crippen molar-refractivity contribution >= 4 is 0 Å². The van der Waals surface area contributed by atoms with Crippen LogP contribution in [0.15, 0.2) is 0 Å². The van der Waals surface area contributed by atoms with Crippen molar-refractivity contribution in [1.82, 2.24) is 4.90 Å². The molecule has 5 atom stereocenters. The highest BCUT2D eigenvalue weighted by Gasteiger charge is 2.31. The Morgan fingerprint density at radius 3 is 2.76 bits per heavy atom. The molecule has 0 spiro atoms. The highest BCUT2D eigenvalue weighted by molar-refractivity contribution is 4.86. The highest BCUT2D eigenvalue weighted by Crippen LogP contribution is 2.30. The van der Waals surface area contributed by atoms with Crippen LogP contribution in [0, 0.1) is 17.8 Å². The first kappa shape index (κ1) is 13.3. The van der Waals surface area contributed by atoms with Crippen molar-refractivity contribution < 1.29 is 5.11 Å². The summed E-state index contributed by atoms with van der Waals surface area (Å²) in [5.41, 5.74) is 6.24. The third kappa shape index (κ3) is 3.43. The van der Waals surface area contributed by atoms with Gasteiger partial charge >= 0.3 is 0 Å². The zero-order valence-electron chi connectivity index (χ0n) is 11.3. The second-order valence-corrected chi connectivity index (χ2v) is 6.39. The van der Waals surface area contributed by atoms with Gasteiger partial charge in [-0.15, -0.1) is 0 Å². The second kappa shape index (κ2) is 5.68. The van der Waals surface area contributed by atoms with E-state index in [1.807, 2.05) is 6.92 Å². The van der Waals surface area contributed by atoms with Crippen molar-refractivity contribution in [3.8, 4) is 0 Å². The zero-order valence-corrected chi connectivity index (χ0v) is 11.3. The molecule has 1 aliphatic heterocycles. The summed E-state index contributed by atoms with van der Waals surface area (Å²) in [5.74, 6) is 1.99. The van der Waals surface area contributed by atoms with Gasteiger partial charge in [-0.1, -0.05) is 6.92 Å². The third-order valence-electron chi connectivity index (χ3n) is 4.79. The Morgan fingerprint density at radius 2 is 2.12 bits per heavy atom. The van der Waals surface area contributed by atoms with Crippen molar-refractivity contribution in [3.05, 3.63) is 0 Å². The quantitative estimate of drug-likeness (QED) is 0.785. The molecule has 17 heavy (non-hydrogen) atoms. The minimum Gasteiger partial charge on any atom is -0.393 e. The van der Waals surface area contributed by atoms with E-state index in [1.165, 1.54) is 19.3 Å². The Hall–Kier alpha value is -0.120. The minimum atomic E-state index is -0.154. The monoisotopic (exact) mass is 240 g/mol. The van der Waals surface area contributed by atoms with Crippen molar-refractivity contribution in [1.29, 1.82) is 0 Å². The maximum absolute atomic E-state index is 9.62. The van der Waals surface area contributed by atoms with Crippen molar-refractivity contribution in [2.45, 2.75) is 51.7 Å². The Bertz CT molecular complexity index is 244. The molecular weight excluding hydrogens is 212 g/mol. The van der Waals surface area contributed by atoms with Gasteiger partial charge in [0.05, 0.1) is 6.10 Å². The molecule has 0 aromatic rings. The van der Waals surface area contributed by atoms with Gasteiger partial charge < -0.3 is 15.7 Å². The molecule has 1 heterocycles. The number of aliphatic hydroxyl groups excluding tert-OH is 1. The molecule has 5 unspecified atom stereocenters. The molecule has 3 heteroatoms. The van der Waals surface area contributed by atoms with Gasteiger partial charge in [0.15, 0.2) is 0 Å². The van der Waals surface area contributed by atoms with Crippen molar-refractivity contribution in [2.75, 3.05) is 19.6 Å². The fourth-order valence-electron chi connectivity index (χ4n) is 3.49. The maximum atomic E-state index is 9.62. The normalized spacial score (nSPS) is 41.6. The first-order chi connectivity index (χ1) is 8.06. The first-order valence-electron chi connectivity index (χ1n) is 7.22. The van der Waals surface area contributed by atoms with Crippen LogP contribution in [0.1, 0.15) is 39.5 Å².